The smallest absolute Gasteiger partial charge is 0.322 e. The average molecular weight is 342 g/mol. The maximum atomic E-state index is 11.9. The van der Waals surface area contributed by atoms with Gasteiger partial charge in [0, 0.05) is 31.6 Å². The number of aromatic nitrogens is 3. The van der Waals surface area contributed by atoms with E-state index in [0.29, 0.717) is 6.54 Å². The summed E-state index contributed by atoms with van der Waals surface area (Å²) in [5.74, 6) is 0.969. The molecule has 2 aromatic heterocycles. The zero-order chi connectivity index (χ0) is 17.8. The standard InChI is InChI=1S/C16H18N6O3/c1-10-17-6-7-22(10)13-8-11(4-5-18-13)9-19-14(23)3-2-12-15(24)21-16(25)20-12/h4-8,12H,2-3,9H2,1H3,(H,19,23)(H2,20,21,24,25). The summed E-state index contributed by atoms with van der Waals surface area (Å²) >= 11 is 0. The number of hydrogen-bond acceptors (Lipinski definition) is 5. The molecule has 3 N–H and O–H groups in total. The Morgan fingerprint density at radius 3 is 2.84 bits per heavy atom. The number of urea groups is 1. The van der Waals surface area contributed by atoms with Gasteiger partial charge in [-0.3, -0.25) is 19.5 Å². The molecule has 9 nitrogen and oxygen atoms in total. The SMILES string of the molecule is Cc1nccn1-c1cc(CNC(=O)CCC2NC(=O)NC2=O)ccn1. The second-order valence-electron chi connectivity index (χ2n) is 5.70. The summed E-state index contributed by atoms with van der Waals surface area (Å²) in [5, 5.41) is 7.40. The normalized spacial score (nSPS) is 16.4. The van der Waals surface area contributed by atoms with Crippen molar-refractivity contribution in [3.8, 4) is 5.82 Å². The second-order valence-corrected chi connectivity index (χ2v) is 5.70. The molecule has 1 aliphatic rings. The highest BCUT2D eigenvalue weighted by Gasteiger charge is 2.29. The van der Waals surface area contributed by atoms with Gasteiger partial charge in [-0.1, -0.05) is 0 Å². The molecule has 0 aliphatic carbocycles. The number of carbonyl (C=O) groups excluding carboxylic acids is 3. The van der Waals surface area contributed by atoms with Crippen LogP contribution in [-0.2, 0) is 16.1 Å². The summed E-state index contributed by atoms with van der Waals surface area (Å²) in [5.41, 5.74) is 0.901. The Bertz CT molecular complexity index is 816. The third kappa shape index (κ3) is 4.00. The number of imide groups is 1. The fourth-order valence-electron chi connectivity index (χ4n) is 2.55. The molecule has 3 rings (SSSR count). The molecule has 1 saturated heterocycles. The topological polar surface area (TPSA) is 118 Å². The van der Waals surface area contributed by atoms with Crippen LogP contribution in [-0.4, -0.2) is 38.4 Å². The largest absolute Gasteiger partial charge is 0.352 e. The minimum Gasteiger partial charge on any atom is -0.352 e. The van der Waals surface area contributed by atoms with E-state index in [4.69, 9.17) is 0 Å². The van der Waals surface area contributed by atoms with Crippen LogP contribution >= 0.6 is 0 Å². The molecule has 2 aromatic rings. The van der Waals surface area contributed by atoms with Crippen LogP contribution < -0.4 is 16.0 Å². The van der Waals surface area contributed by atoms with Crippen LogP contribution in [0.25, 0.3) is 5.82 Å². The Hall–Kier alpha value is -3.23. The monoisotopic (exact) mass is 342 g/mol. The highest BCUT2D eigenvalue weighted by molar-refractivity contribution is 6.04. The summed E-state index contributed by atoms with van der Waals surface area (Å²) in [6.45, 7) is 2.24. The van der Waals surface area contributed by atoms with E-state index in [2.05, 4.69) is 25.9 Å². The summed E-state index contributed by atoms with van der Waals surface area (Å²) in [4.78, 5) is 42.8. The lowest BCUT2D eigenvalue weighted by atomic mass is 10.1. The second kappa shape index (κ2) is 7.12. The third-order valence-corrected chi connectivity index (χ3v) is 3.89. The van der Waals surface area contributed by atoms with Crippen LogP contribution in [0.2, 0.25) is 0 Å². The van der Waals surface area contributed by atoms with Gasteiger partial charge in [0.1, 0.15) is 17.7 Å². The van der Waals surface area contributed by atoms with Gasteiger partial charge in [-0.15, -0.1) is 0 Å². The van der Waals surface area contributed by atoms with Crippen molar-refractivity contribution in [3.63, 3.8) is 0 Å². The number of rotatable bonds is 6. The average Bonchev–Trinajstić information content (AvgIpc) is 3.16. The van der Waals surface area contributed by atoms with Crippen LogP contribution in [0, 0.1) is 6.92 Å². The Labute approximate surface area is 143 Å². The van der Waals surface area contributed by atoms with E-state index in [1.165, 1.54) is 0 Å². The van der Waals surface area contributed by atoms with E-state index in [1.54, 1.807) is 12.4 Å². The molecule has 0 radical (unpaired) electrons. The first kappa shape index (κ1) is 16.6. The number of nitrogens with zero attached hydrogens (tertiary/aromatic N) is 3. The predicted octanol–water partition coefficient (Wildman–Crippen LogP) is 0.180. The fraction of sp³-hybridized carbons (Fsp3) is 0.312. The zero-order valence-corrected chi connectivity index (χ0v) is 13.7. The van der Waals surface area contributed by atoms with E-state index in [0.717, 1.165) is 17.2 Å². The summed E-state index contributed by atoms with van der Waals surface area (Å²) in [7, 11) is 0. The molecule has 3 heterocycles. The molecule has 9 heteroatoms. The molecule has 0 spiro atoms. The van der Waals surface area contributed by atoms with Gasteiger partial charge in [0.05, 0.1) is 0 Å². The van der Waals surface area contributed by atoms with Crippen LogP contribution in [0.3, 0.4) is 0 Å². The first-order valence-corrected chi connectivity index (χ1v) is 7.86. The van der Waals surface area contributed by atoms with Crippen molar-refractivity contribution in [2.75, 3.05) is 0 Å². The van der Waals surface area contributed by atoms with Gasteiger partial charge in [0.15, 0.2) is 0 Å². The molecular formula is C16H18N6O3. The van der Waals surface area contributed by atoms with Crippen LogP contribution in [0.5, 0.6) is 0 Å². The number of amides is 4. The van der Waals surface area contributed by atoms with Crippen molar-refractivity contribution in [3.05, 3.63) is 42.1 Å². The lowest BCUT2D eigenvalue weighted by molar-refractivity contribution is -0.122. The van der Waals surface area contributed by atoms with Gasteiger partial charge in [-0.2, -0.15) is 0 Å². The maximum Gasteiger partial charge on any atom is 0.322 e. The first-order valence-electron chi connectivity index (χ1n) is 7.86. The number of pyridine rings is 1. The molecule has 1 aliphatic heterocycles. The van der Waals surface area contributed by atoms with Crippen molar-refractivity contribution in [1.29, 1.82) is 0 Å². The van der Waals surface area contributed by atoms with Crippen molar-refractivity contribution >= 4 is 17.8 Å². The van der Waals surface area contributed by atoms with Gasteiger partial charge in [-0.25, -0.2) is 14.8 Å². The zero-order valence-electron chi connectivity index (χ0n) is 13.7. The lowest BCUT2D eigenvalue weighted by Crippen LogP contribution is -2.31. The fourth-order valence-corrected chi connectivity index (χ4v) is 2.55. The highest BCUT2D eigenvalue weighted by Crippen LogP contribution is 2.10. The Morgan fingerprint density at radius 1 is 1.32 bits per heavy atom. The van der Waals surface area contributed by atoms with Crippen molar-refractivity contribution < 1.29 is 14.4 Å². The van der Waals surface area contributed by atoms with E-state index in [-0.39, 0.29) is 18.7 Å². The number of aryl methyl sites for hydroxylation is 1. The van der Waals surface area contributed by atoms with Crippen molar-refractivity contribution in [2.24, 2.45) is 0 Å². The lowest BCUT2D eigenvalue weighted by Gasteiger charge is -2.09. The summed E-state index contributed by atoms with van der Waals surface area (Å²) in [6.07, 6.45) is 5.61. The number of carbonyl (C=O) groups is 3. The van der Waals surface area contributed by atoms with E-state index < -0.39 is 18.0 Å². The van der Waals surface area contributed by atoms with E-state index in [9.17, 15) is 14.4 Å². The minimum absolute atomic E-state index is 0.150. The Morgan fingerprint density at radius 2 is 2.16 bits per heavy atom. The van der Waals surface area contributed by atoms with Gasteiger partial charge in [0.25, 0.3) is 5.91 Å². The Balaban J connectivity index is 1.51. The molecule has 1 fully saturated rings. The molecule has 0 aromatic carbocycles. The third-order valence-electron chi connectivity index (χ3n) is 3.89. The Kier molecular flexibility index (Phi) is 4.73. The molecule has 0 bridgehead atoms. The van der Waals surface area contributed by atoms with Crippen LogP contribution in [0.1, 0.15) is 24.2 Å². The minimum atomic E-state index is -0.644. The van der Waals surface area contributed by atoms with Crippen LogP contribution in [0.15, 0.2) is 30.7 Å². The quantitative estimate of drug-likeness (QED) is 0.647. The molecule has 25 heavy (non-hydrogen) atoms. The molecule has 0 saturated carbocycles. The summed E-state index contributed by atoms with van der Waals surface area (Å²) in [6, 6.07) is 2.53. The van der Waals surface area contributed by atoms with E-state index >= 15 is 0 Å². The van der Waals surface area contributed by atoms with Gasteiger partial charge in [0.2, 0.25) is 5.91 Å². The van der Waals surface area contributed by atoms with E-state index in [1.807, 2.05) is 29.8 Å². The molecule has 130 valence electrons. The number of hydrogen-bond donors (Lipinski definition) is 3. The van der Waals surface area contributed by atoms with Gasteiger partial charge >= 0.3 is 6.03 Å². The number of imidazole rings is 1. The van der Waals surface area contributed by atoms with Crippen LogP contribution in [0.4, 0.5) is 4.79 Å². The van der Waals surface area contributed by atoms with Crippen molar-refractivity contribution in [1.82, 2.24) is 30.5 Å². The molecule has 1 unspecified atom stereocenters. The highest BCUT2D eigenvalue weighted by atomic mass is 16.2. The molecular weight excluding hydrogens is 324 g/mol. The molecule has 4 amide bonds. The van der Waals surface area contributed by atoms with Crippen molar-refractivity contribution in [2.45, 2.75) is 32.4 Å². The molecule has 1 atom stereocenters. The predicted molar refractivity (Wildman–Crippen MR) is 87.6 cm³/mol. The first-order chi connectivity index (χ1) is 12.0. The maximum absolute atomic E-state index is 11.9. The van der Waals surface area contributed by atoms with Gasteiger partial charge < -0.3 is 10.6 Å². The number of nitrogens with one attached hydrogen (secondary N) is 3. The summed E-state index contributed by atoms with van der Waals surface area (Å²) < 4.78 is 1.85. The van der Waals surface area contributed by atoms with Gasteiger partial charge in [-0.05, 0) is 31.0 Å².